The number of carbonyl (C=O) groups is 1. The molecule has 2 aliphatic rings. The SMILES string of the molecule is O=C1COc2cc(S(=O)(=O)N3CCN(Cc4cccc(C(F)(F)F)c4)CC3)c(Cl)cc2N1. The molecule has 0 atom stereocenters. The lowest BCUT2D eigenvalue weighted by atomic mass is 10.1. The van der Waals surface area contributed by atoms with Gasteiger partial charge in [0, 0.05) is 38.8 Å². The van der Waals surface area contributed by atoms with E-state index in [0.717, 1.165) is 12.1 Å². The highest BCUT2D eigenvalue weighted by Gasteiger charge is 2.33. The molecule has 0 bridgehead atoms. The second-order valence-corrected chi connectivity index (χ2v) is 9.81. The van der Waals surface area contributed by atoms with Crippen molar-refractivity contribution in [3.05, 3.63) is 52.5 Å². The summed E-state index contributed by atoms with van der Waals surface area (Å²) in [5.74, 6) is -0.142. The first-order valence-electron chi connectivity index (χ1n) is 9.69. The second kappa shape index (κ2) is 8.54. The highest BCUT2D eigenvalue weighted by Crippen LogP contribution is 2.37. The number of alkyl halides is 3. The van der Waals surface area contributed by atoms with Crippen LogP contribution < -0.4 is 10.1 Å². The quantitative estimate of drug-likeness (QED) is 0.713. The van der Waals surface area contributed by atoms with Crippen LogP contribution in [0.15, 0.2) is 41.3 Å². The number of halogens is 4. The maximum absolute atomic E-state index is 13.1. The third-order valence-corrected chi connectivity index (χ3v) is 7.64. The van der Waals surface area contributed by atoms with Crippen LogP contribution in [-0.4, -0.2) is 56.3 Å². The maximum Gasteiger partial charge on any atom is 0.416 e. The fourth-order valence-electron chi connectivity index (χ4n) is 3.65. The lowest BCUT2D eigenvalue weighted by Crippen LogP contribution is -2.48. The molecular weight excluding hydrogens is 471 g/mol. The van der Waals surface area contributed by atoms with Gasteiger partial charge < -0.3 is 10.1 Å². The van der Waals surface area contributed by atoms with Crippen molar-refractivity contribution in [2.75, 3.05) is 38.1 Å². The van der Waals surface area contributed by atoms with Gasteiger partial charge in [-0.05, 0) is 17.7 Å². The van der Waals surface area contributed by atoms with Crippen molar-refractivity contribution in [3.63, 3.8) is 0 Å². The van der Waals surface area contributed by atoms with E-state index < -0.39 is 21.8 Å². The highest BCUT2D eigenvalue weighted by atomic mass is 35.5. The van der Waals surface area contributed by atoms with E-state index in [4.69, 9.17) is 16.3 Å². The van der Waals surface area contributed by atoms with Crippen LogP contribution in [0.2, 0.25) is 5.02 Å². The smallest absolute Gasteiger partial charge is 0.416 e. The average Bonchev–Trinajstić information content (AvgIpc) is 2.73. The molecule has 0 saturated carbocycles. The molecule has 2 aromatic carbocycles. The Morgan fingerprint density at radius 1 is 1.09 bits per heavy atom. The average molecular weight is 490 g/mol. The summed E-state index contributed by atoms with van der Waals surface area (Å²) in [5.41, 5.74) is 0.0980. The molecule has 7 nitrogen and oxygen atoms in total. The lowest BCUT2D eigenvalue weighted by Gasteiger charge is -2.34. The van der Waals surface area contributed by atoms with E-state index in [9.17, 15) is 26.4 Å². The fourth-order valence-corrected chi connectivity index (χ4v) is 5.59. The van der Waals surface area contributed by atoms with Gasteiger partial charge in [-0.1, -0.05) is 29.8 Å². The van der Waals surface area contributed by atoms with Gasteiger partial charge in [-0.3, -0.25) is 9.69 Å². The molecule has 1 fully saturated rings. The molecule has 1 amide bonds. The van der Waals surface area contributed by atoms with E-state index in [-0.39, 0.29) is 47.8 Å². The predicted octanol–water partition coefficient (Wildman–Crippen LogP) is 3.20. The number of anilines is 1. The van der Waals surface area contributed by atoms with Crippen LogP contribution in [0, 0.1) is 0 Å². The van der Waals surface area contributed by atoms with Crippen LogP contribution in [0.5, 0.6) is 5.75 Å². The van der Waals surface area contributed by atoms with Crippen LogP contribution in [-0.2, 0) is 27.5 Å². The molecule has 0 unspecified atom stereocenters. The zero-order valence-electron chi connectivity index (χ0n) is 16.7. The lowest BCUT2D eigenvalue weighted by molar-refractivity contribution is -0.137. The largest absolute Gasteiger partial charge is 0.482 e. The van der Waals surface area contributed by atoms with Crippen LogP contribution in [0.3, 0.4) is 0 Å². The Labute approximate surface area is 187 Å². The number of rotatable bonds is 4. The summed E-state index contributed by atoms with van der Waals surface area (Å²) >= 11 is 6.19. The molecule has 2 aromatic rings. The number of hydrogen-bond acceptors (Lipinski definition) is 5. The number of carbonyl (C=O) groups excluding carboxylic acids is 1. The van der Waals surface area contributed by atoms with Crippen molar-refractivity contribution in [1.82, 2.24) is 9.21 Å². The first kappa shape index (κ1) is 22.8. The van der Waals surface area contributed by atoms with E-state index in [1.807, 2.05) is 4.90 Å². The molecule has 0 aliphatic carbocycles. The molecule has 0 radical (unpaired) electrons. The number of nitrogens with one attached hydrogen (secondary N) is 1. The van der Waals surface area contributed by atoms with Gasteiger partial charge in [0.25, 0.3) is 5.91 Å². The molecule has 12 heteroatoms. The van der Waals surface area contributed by atoms with Crippen LogP contribution in [0.25, 0.3) is 0 Å². The Hall–Kier alpha value is -2.34. The molecule has 32 heavy (non-hydrogen) atoms. The predicted molar refractivity (Wildman–Crippen MR) is 111 cm³/mol. The van der Waals surface area contributed by atoms with Gasteiger partial charge in [-0.2, -0.15) is 17.5 Å². The first-order chi connectivity index (χ1) is 15.0. The maximum atomic E-state index is 13.1. The van der Waals surface area contributed by atoms with Crippen LogP contribution in [0.4, 0.5) is 18.9 Å². The van der Waals surface area contributed by atoms with Crippen molar-refractivity contribution in [1.29, 1.82) is 0 Å². The Bertz CT molecular complexity index is 1150. The zero-order valence-corrected chi connectivity index (χ0v) is 18.2. The number of sulfonamides is 1. The van der Waals surface area contributed by atoms with Crippen LogP contribution in [0.1, 0.15) is 11.1 Å². The van der Waals surface area contributed by atoms with E-state index in [1.165, 1.54) is 22.5 Å². The number of amides is 1. The van der Waals surface area contributed by atoms with Gasteiger partial charge in [-0.15, -0.1) is 0 Å². The van der Waals surface area contributed by atoms with Gasteiger partial charge in [-0.25, -0.2) is 8.42 Å². The number of hydrogen-bond donors (Lipinski definition) is 1. The second-order valence-electron chi connectivity index (χ2n) is 7.49. The molecule has 4 rings (SSSR count). The monoisotopic (exact) mass is 489 g/mol. The Balaban J connectivity index is 1.45. The Morgan fingerprint density at radius 3 is 2.50 bits per heavy atom. The third-order valence-electron chi connectivity index (χ3n) is 5.28. The minimum Gasteiger partial charge on any atom is -0.482 e. The molecule has 2 aliphatic heterocycles. The van der Waals surface area contributed by atoms with Gasteiger partial charge in [0.2, 0.25) is 10.0 Å². The topological polar surface area (TPSA) is 79.0 Å². The fraction of sp³-hybridized carbons (Fsp3) is 0.350. The molecule has 1 N–H and O–H groups in total. The molecule has 0 spiro atoms. The van der Waals surface area contributed by atoms with Crippen molar-refractivity contribution in [2.45, 2.75) is 17.6 Å². The Kier molecular flexibility index (Phi) is 6.10. The van der Waals surface area contributed by atoms with Gasteiger partial charge >= 0.3 is 6.18 Å². The number of nitrogens with zero attached hydrogens (tertiary/aromatic N) is 2. The minimum atomic E-state index is -4.41. The summed E-state index contributed by atoms with van der Waals surface area (Å²) in [5, 5.41) is 2.53. The van der Waals surface area contributed by atoms with Gasteiger partial charge in [0.1, 0.15) is 10.6 Å². The number of benzene rings is 2. The Morgan fingerprint density at radius 2 is 1.81 bits per heavy atom. The number of piperazine rings is 1. The van der Waals surface area contributed by atoms with Crippen molar-refractivity contribution >= 4 is 33.2 Å². The van der Waals surface area contributed by atoms with Crippen molar-refractivity contribution < 1.29 is 31.1 Å². The minimum absolute atomic E-state index is 0.0408. The number of fused-ring (bicyclic) bond motifs is 1. The molecule has 1 saturated heterocycles. The molecule has 2 heterocycles. The van der Waals surface area contributed by atoms with Crippen molar-refractivity contribution in [3.8, 4) is 5.75 Å². The van der Waals surface area contributed by atoms with E-state index >= 15 is 0 Å². The van der Waals surface area contributed by atoms with Gasteiger partial charge in [0.05, 0.1) is 16.3 Å². The van der Waals surface area contributed by atoms with Crippen molar-refractivity contribution in [2.24, 2.45) is 0 Å². The van der Waals surface area contributed by atoms with E-state index in [1.54, 1.807) is 6.07 Å². The first-order valence-corrected chi connectivity index (χ1v) is 11.5. The number of ether oxygens (including phenoxy) is 1. The third kappa shape index (κ3) is 4.70. The summed E-state index contributed by atoms with van der Waals surface area (Å²) < 4.78 is 71.6. The van der Waals surface area contributed by atoms with E-state index in [0.29, 0.717) is 24.3 Å². The summed E-state index contributed by atoms with van der Waals surface area (Å²) in [6, 6.07) is 7.73. The normalized spacial score (nSPS) is 18.1. The van der Waals surface area contributed by atoms with Crippen LogP contribution >= 0.6 is 11.6 Å². The molecular formula is C20H19ClF3N3O4S. The summed E-state index contributed by atoms with van der Waals surface area (Å²) in [6.07, 6.45) is -4.41. The standard InChI is InChI=1S/C20H19ClF3N3O4S/c21-15-9-16-17(31-12-19(28)25-16)10-18(15)32(29,30)27-6-4-26(5-7-27)11-13-2-1-3-14(8-13)20(22,23)24/h1-3,8-10H,4-7,11-12H2,(H,25,28). The van der Waals surface area contributed by atoms with Gasteiger partial charge in [0.15, 0.2) is 6.61 Å². The highest BCUT2D eigenvalue weighted by molar-refractivity contribution is 7.89. The summed E-state index contributed by atoms with van der Waals surface area (Å²) in [7, 11) is -3.93. The van der Waals surface area contributed by atoms with E-state index in [2.05, 4.69) is 5.32 Å². The molecule has 0 aromatic heterocycles. The molecule has 172 valence electrons. The zero-order chi connectivity index (χ0) is 23.1. The summed E-state index contributed by atoms with van der Waals surface area (Å²) in [6.45, 7) is 1.08. The summed E-state index contributed by atoms with van der Waals surface area (Å²) in [4.78, 5) is 13.2.